The Morgan fingerprint density at radius 3 is 2.55 bits per heavy atom. The molecule has 1 unspecified atom stereocenters. The molecule has 0 saturated heterocycles. The fourth-order valence-corrected chi connectivity index (χ4v) is 3.49. The zero-order valence-electron chi connectivity index (χ0n) is 13.3. The Kier molecular flexibility index (Phi) is 5.94. The van der Waals surface area contributed by atoms with Gasteiger partial charge in [-0.2, -0.15) is 5.26 Å². The molecule has 1 atom stereocenters. The van der Waals surface area contributed by atoms with E-state index >= 15 is 0 Å². The van der Waals surface area contributed by atoms with Crippen molar-refractivity contribution in [2.45, 2.75) is 45.1 Å². The number of nitrogens with one attached hydrogen (secondary N) is 1. The van der Waals surface area contributed by atoms with Crippen LogP contribution in [0.5, 0.6) is 0 Å². The van der Waals surface area contributed by atoms with E-state index in [2.05, 4.69) is 5.32 Å². The quantitative estimate of drug-likeness (QED) is 0.900. The first-order valence-corrected chi connectivity index (χ1v) is 8.56. The van der Waals surface area contributed by atoms with E-state index in [0.29, 0.717) is 12.0 Å². The molecule has 0 spiro atoms. The van der Waals surface area contributed by atoms with Gasteiger partial charge in [-0.15, -0.1) is 0 Å². The van der Waals surface area contributed by atoms with Crippen molar-refractivity contribution in [3.8, 4) is 6.07 Å². The highest BCUT2D eigenvalue weighted by Crippen LogP contribution is 2.22. The van der Waals surface area contributed by atoms with Gasteiger partial charge in [-0.25, -0.2) is 17.5 Å². The van der Waals surface area contributed by atoms with Crippen LogP contribution in [0, 0.1) is 18.3 Å². The van der Waals surface area contributed by atoms with Crippen LogP contribution in [0.15, 0.2) is 23.1 Å². The summed E-state index contributed by atoms with van der Waals surface area (Å²) in [7, 11) is -4.07. The Hall–Kier alpha value is -2.07. The molecule has 1 aromatic rings. The van der Waals surface area contributed by atoms with Crippen LogP contribution in [0.1, 0.15) is 38.3 Å². The first-order chi connectivity index (χ1) is 10.3. The van der Waals surface area contributed by atoms with Gasteiger partial charge < -0.3 is 5.32 Å². The Morgan fingerprint density at radius 2 is 2.05 bits per heavy atom. The summed E-state index contributed by atoms with van der Waals surface area (Å²) in [5, 5.41) is 11.8. The lowest BCUT2D eigenvalue weighted by Crippen LogP contribution is -2.46. The van der Waals surface area contributed by atoms with Crippen molar-refractivity contribution in [3.05, 3.63) is 29.3 Å². The van der Waals surface area contributed by atoms with Gasteiger partial charge in [-0.1, -0.05) is 19.1 Å². The second-order valence-electron chi connectivity index (χ2n) is 4.99. The average molecular weight is 323 g/mol. The van der Waals surface area contributed by atoms with Gasteiger partial charge in [0.15, 0.2) is 0 Å². The third-order valence-corrected chi connectivity index (χ3v) is 5.31. The smallest absolute Gasteiger partial charge is 0.331 e. The van der Waals surface area contributed by atoms with E-state index in [0.717, 1.165) is 4.31 Å². The number of carbonyl (C=O) groups excluding carboxylic acids is 1. The zero-order valence-corrected chi connectivity index (χ0v) is 14.1. The van der Waals surface area contributed by atoms with Crippen LogP contribution in [0.4, 0.5) is 4.79 Å². The number of amides is 2. The molecule has 0 saturated carbocycles. The van der Waals surface area contributed by atoms with E-state index in [-0.39, 0.29) is 23.0 Å². The van der Waals surface area contributed by atoms with Crippen LogP contribution in [0.25, 0.3) is 0 Å². The molecule has 0 aliphatic rings. The molecule has 22 heavy (non-hydrogen) atoms. The van der Waals surface area contributed by atoms with Crippen LogP contribution in [0.2, 0.25) is 0 Å². The lowest BCUT2D eigenvalue weighted by Gasteiger charge is -2.24. The first-order valence-electron chi connectivity index (χ1n) is 7.12. The molecule has 1 N–H and O–H groups in total. The molecule has 6 nitrogen and oxygen atoms in total. The molecule has 1 aromatic carbocycles. The minimum Gasteiger partial charge on any atom is -0.335 e. The number of nitriles is 1. The van der Waals surface area contributed by atoms with E-state index < -0.39 is 16.1 Å². The highest BCUT2D eigenvalue weighted by atomic mass is 32.2. The predicted molar refractivity (Wildman–Crippen MR) is 83.7 cm³/mol. The van der Waals surface area contributed by atoms with Crippen molar-refractivity contribution in [1.82, 2.24) is 9.62 Å². The SMILES string of the molecule is CCC(C)NC(=O)N(CC)S(=O)(=O)c1cccc(C)c1C#N. The molecule has 0 fully saturated rings. The Bertz CT molecular complexity index is 692. The van der Waals surface area contributed by atoms with Crippen LogP contribution < -0.4 is 5.32 Å². The fraction of sp³-hybridized carbons (Fsp3) is 0.467. The molecule has 0 bridgehead atoms. The summed E-state index contributed by atoms with van der Waals surface area (Å²) in [6.07, 6.45) is 0.692. The Balaban J connectivity index is 3.30. The minimum atomic E-state index is -4.07. The number of hydrogen-bond acceptors (Lipinski definition) is 4. The van der Waals surface area contributed by atoms with E-state index in [9.17, 15) is 18.5 Å². The number of rotatable bonds is 5. The number of urea groups is 1. The van der Waals surface area contributed by atoms with Gasteiger partial charge in [0.1, 0.15) is 11.0 Å². The lowest BCUT2D eigenvalue weighted by atomic mass is 10.1. The Morgan fingerprint density at radius 1 is 1.41 bits per heavy atom. The van der Waals surface area contributed by atoms with Crippen molar-refractivity contribution >= 4 is 16.1 Å². The summed E-state index contributed by atoms with van der Waals surface area (Å²) >= 11 is 0. The predicted octanol–water partition coefficient (Wildman–Crippen LogP) is 2.39. The molecule has 0 aliphatic heterocycles. The van der Waals surface area contributed by atoms with Crippen molar-refractivity contribution in [3.63, 3.8) is 0 Å². The second-order valence-corrected chi connectivity index (χ2v) is 6.82. The largest absolute Gasteiger partial charge is 0.335 e. The summed E-state index contributed by atoms with van der Waals surface area (Å²) in [4.78, 5) is 12.1. The van der Waals surface area contributed by atoms with E-state index in [1.165, 1.54) is 6.07 Å². The maximum atomic E-state index is 12.7. The standard InChI is InChI=1S/C15H21N3O3S/c1-5-12(4)17-15(19)18(6-2)22(20,21)14-9-7-8-11(3)13(14)10-16/h7-9,12H,5-6H2,1-4H3,(H,17,19). The zero-order chi connectivity index (χ0) is 16.9. The summed E-state index contributed by atoms with van der Waals surface area (Å²) in [5.41, 5.74) is 0.624. The van der Waals surface area contributed by atoms with Crippen LogP contribution in [0.3, 0.4) is 0 Å². The molecular formula is C15H21N3O3S. The molecule has 2 amide bonds. The van der Waals surface area contributed by atoms with Gasteiger partial charge in [0, 0.05) is 12.6 Å². The highest BCUT2D eigenvalue weighted by Gasteiger charge is 2.31. The molecule has 0 radical (unpaired) electrons. The van der Waals surface area contributed by atoms with Gasteiger partial charge in [0.25, 0.3) is 10.0 Å². The van der Waals surface area contributed by atoms with Crippen molar-refractivity contribution in [1.29, 1.82) is 5.26 Å². The van der Waals surface area contributed by atoms with Gasteiger partial charge in [-0.05, 0) is 38.8 Å². The summed E-state index contributed by atoms with van der Waals surface area (Å²) in [5.74, 6) is 0. The maximum absolute atomic E-state index is 12.7. The van der Waals surface area contributed by atoms with E-state index in [4.69, 9.17) is 0 Å². The first kappa shape index (κ1) is 18.0. The number of benzene rings is 1. The minimum absolute atomic E-state index is 0.0105. The van der Waals surface area contributed by atoms with E-state index in [1.807, 2.05) is 13.0 Å². The van der Waals surface area contributed by atoms with Crippen LogP contribution in [-0.4, -0.2) is 31.3 Å². The van der Waals surface area contributed by atoms with Gasteiger partial charge >= 0.3 is 6.03 Å². The molecule has 0 heterocycles. The number of aryl methyl sites for hydroxylation is 1. The number of sulfonamides is 1. The topological polar surface area (TPSA) is 90.3 Å². The van der Waals surface area contributed by atoms with Gasteiger partial charge in [0.2, 0.25) is 0 Å². The molecule has 0 aliphatic carbocycles. The summed E-state index contributed by atoms with van der Waals surface area (Å²) < 4.78 is 26.2. The monoisotopic (exact) mass is 323 g/mol. The number of hydrogen-bond donors (Lipinski definition) is 1. The number of nitrogens with zero attached hydrogens (tertiary/aromatic N) is 2. The normalized spacial score (nSPS) is 12.3. The lowest BCUT2D eigenvalue weighted by molar-refractivity contribution is 0.220. The second kappa shape index (κ2) is 7.27. The molecule has 0 aromatic heterocycles. The van der Waals surface area contributed by atoms with E-state index in [1.54, 1.807) is 32.9 Å². The van der Waals surface area contributed by atoms with Gasteiger partial charge in [-0.3, -0.25) is 0 Å². The van der Waals surface area contributed by atoms with Crippen LogP contribution >= 0.6 is 0 Å². The third kappa shape index (κ3) is 3.57. The Labute approximate surface area is 131 Å². The third-order valence-electron chi connectivity index (χ3n) is 3.41. The molecular weight excluding hydrogens is 302 g/mol. The van der Waals surface area contributed by atoms with Gasteiger partial charge in [0.05, 0.1) is 5.56 Å². The maximum Gasteiger partial charge on any atom is 0.331 e. The van der Waals surface area contributed by atoms with Crippen molar-refractivity contribution in [2.24, 2.45) is 0 Å². The van der Waals surface area contributed by atoms with Crippen molar-refractivity contribution in [2.75, 3.05) is 6.54 Å². The molecule has 1 rings (SSSR count). The number of carbonyl (C=O) groups is 1. The van der Waals surface area contributed by atoms with Crippen molar-refractivity contribution < 1.29 is 13.2 Å². The average Bonchev–Trinajstić information content (AvgIpc) is 2.47. The summed E-state index contributed by atoms with van der Waals surface area (Å²) in [6.45, 7) is 6.92. The van der Waals surface area contributed by atoms with Crippen LogP contribution in [-0.2, 0) is 10.0 Å². The fourth-order valence-electron chi connectivity index (χ4n) is 1.93. The highest BCUT2D eigenvalue weighted by molar-refractivity contribution is 7.89. The molecule has 7 heteroatoms. The molecule has 120 valence electrons. The summed E-state index contributed by atoms with van der Waals surface area (Å²) in [6, 6.07) is 5.66.